The Hall–Kier alpha value is -9.18. The lowest BCUT2D eigenvalue weighted by atomic mass is 9.67. The van der Waals surface area contributed by atoms with Crippen LogP contribution < -0.4 is 4.90 Å². The smallest absolute Gasteiger partial charge is 0.137 e. The Morgan fingerprint density at radius 3 is 1.54 bits per heavy atom. The first-order valence-electron chi connectivity index (χ1n) is 27.0. The highest BCUT2D eigenvalue weighted by molar-refractivity contribution is 6.16. The lowest BCUT2D eigenvalue weighted by Crippen LogP contribution is -2.28. The van der Waals surface area contributed by atoms with Gasteiger partial charge in [0.2, 0.25) is 0 Å². The van der Waals surface area contributed by atoms with E-state index < -0.39 is 5.41 Å². The molecule has 3 nitrogen and oxygen atoms in total. The van der Waals surface area contributed by atoms with Crippen molar-refractivity contribution in [3.8, 4) is 44.5 Å². The van der Waals surface area contributed by atoms with Gasteiger partial charge in [-0.05, 0) is 158 Å². The van der Waals surface area contributed by atoms with Crippen LogP contribution in [-0.2, 0) is 5.41 Å². The summed E-state index contributed by atoms with van der Waals surface area (Å²) < 4.78 is 13.3. The molecular formula is C73H53NO2. The van der Waals surface area contributed by atoms with Crippen molar-refractivity contribution in [1.82, 2.24) is 0 Å². The third kappa shape index (κ3) is 7.03. The maximum atomic E-state index is 6.69. The van der Waals surface area contributed by atoms with Crippen LogP contribution in [0.1, 0.15) is 65.8 Å². The molecule has 362 valence electrons. The van der Waals surface area contributed by atoms with Crippen molar-refractivity contribution in [1.29, 1.82) is 0 Å². The molecule has 0 N–H and O–H groups in total. The number of rotatable bonds is 9. The number of fused-ring (bicyclic) bond motifs is 9. The molecule has 2 aliphatic rings. The van der Waals surface area contributed by atoms with E-state index in [0.717, 1.165) is 72.1 Å². The van der Waals surface area contributed by atoms with E-state index in [0.29, 0.717) is 5.92 Å². The topological polar surface area (TPSA) is 29.5 Å². The summed E-state index contributed by atoms with van der Waals surface area (Å²) in [6.07, 6.45) is 6.47. The minimum Gasteiger partial charge on any atom is -0.456 e. The molecule has 11 aromatic carbocycles. The molecule has 1 unspecified atom stereocenters. The summed E-state index contributed by atoms with van der Waals surface area (Å²) >= 11 is 0. The van der Waals surface area contributed by atoms with Gasteiger partial charge in [-0.1, -0.05) is 207 Å². The number of hydrogen-bond donors (Lipinski definition) is 0. The van der Waals surface area contributed by atoms with Gasteiger partial charge in [0.05, 0.1) is 16.5 Å². The Morgan fingerprint density at radius 2 is 0.868 bits per heavy atom. The van der Waals surface area contributed by atoms with E-state index in [1.165, 1.54) is 93.3 Å². The highest BCUT2D eigenvalue weighted by Gasteiger charge is 2.47. The Bertz CT molecular complexity index is 4300. The van der Waals surface area contributed by atoms with Crippen molar-refractivity contribution in [3.63, 3.8) is 0 Å². The first-order valence-corrected chi connectivity index (χ1v) is 27.0. The second-order valence-electron chi connectivity index (χ2n) is 20.9. The predicted octanol–water partition coefficient (Wildman–Crippen LogP) is 20.4. The summed E-state index contributed by atoms with van der Waals surface area (Å²) in [5.74, 6) is 0.611. The van der Waals surface area contributed by atoms with Crippen molar-refractivity contribution in [3.05, 3.63) is 283 Å². The normalized spacial score (nSPS) is 15.4. The first-order chi connectivity index (χ1) is 37.7. The van der Waals surface area contributed by atoms with Gasteiger partial charge in [0, 0.05) is 27.5 Å². The van der Waals surface area contributed by atoms with E-state index in [9.17, 15) is 0 Å². The lowest BCUT2D eigenvalue weighted by Gasteiger charge is -2.34. The van der Waals surface area contributed by atoms with Gasteiger partial charge in [0.25, 0.3) is 0 Å². The zero-order chi connectivity index (χ0) is 50.2. The molecule has 2 aliphatic carbocycles. The average Bonchev–Trinajstić information content (AvgIpc) is 4.33. The van der Waals surface area contributed by atoms with E-state index >= 15 is 0 Å². The summed E-state index contributed by atoms with van der Waals surface area (Å²) in [4.78, 5) is 2.45. The fourth-order valence-electron chi connectivity index (χ4n) is 13.3. The number of benzene rings is 11. The molecule has 13 aromatic rings. The van der Waals surface area contributed by atoms with Crippen LogP contribution in [-0.4, -0.2) is 0 Å². The van der Waals surface area contributed by atoms with Gasteiger partial charge in [-0.25, -0.2) is 0 Å². The van der Waals surface area contributed by atoms with Gasteiger partial charge >= 0.3 is 0 Å². The number of nitrogens with zero attached hydrogens (tertiary/aromatic N) is 1. The van der Waals surface area contributed by atoms with Crippen LogP contribution in [0, 0.1) is 0 Å². The van der Waals surface area contributed by atoms with Crippen LogP contribution in [0.5, 0.6) is 0 Å². The number of hydrogen-bond acceptors (Lipinski definition) is 3. The van der Waals surface area contributed by atoms with Crippen LogP contribution in [0.25, 0.3) is 88.4 Å². The molecule has 3 heteroatoms. The van der Waals surface area contributed by atoms with Gasteiger partial charge in [-0.3, -0.25) is 0 Å². The van der Waals surface area contributed by atoms with E-state index in [4.69, 9.17) is 8.83 Å². The lowest BCUT2D eigenvalue weighted by molar-refractivity contribution is 0.443. The molecule has 15 rings (SSSR count). The number of furan rings is 2. The molecule has 0 aliphatic heterocycles. The molecule has 1 saturated carbocycles. The van der Waals surface area contributed by atoms with E-state index in [2.05, 4.69) is 260 Å². The van der Waals surface area contributed by atoms with E-state index in [1.54, 1.807) is 0 Å². The molecule has 2 heterocycles. The second kappa shape index (κ2) is 18.0. The fourth-order valence-corrected chi connectivity index (χ4v) is 13.3. The predicted molar refractivity (Wildman–Crippen MR) is 315 cm³/mol. The monoisotopic (exact) mass is 975 g/mol. The van der Waals surface area contributed by atoms with Gasteiger partial charge in [0.1, 0.15) is 22.3 Å². The van der Waals surface area contributed by atoms with E-state index in [1.807, 2.05) is 0 Å². The number of anilines is 3. The SMILES string of the molecule is c1ccc(-c2ccc3oc4cccc(-c5cccc6c5-c5ccccc5C6(c5ccccc5)c5ccc(N(c6ccc(C7CCCCC7)cc6)c6cccc7oc8ccc(-c9ccccc9)cc8c67)cc5)c4c3c2)cc1. The molecule has 0 bridgehead atoms. The Morgan fingerprint density at radius 1 is 0.355 bits per heavy atom. The van der Waals surface area contributed by atoms with Crippen molar-refractivity contribution in [2.75, 3.05) is 4.90 Å². The Kier molecular flexibility index (Phi) is 10.5. The molecule has 1 atom stereocenters. The summed E-state index contributed by atoms with van der Waals surface area (Å²) in [5.41, 5.74) is 22.1. The third-order valence-corrected chi connectivity index (χ3v) is 16.8. The van der Waals surface area contributed by atoms with Gasteiger partial charge < -0.3 is 13.7 Å². The first kappa shape index (κ1) is 44.3. The molecule has 2 aromatic heterocycles. The average molecular weight is 976 g/mol. The van der Waals surface area contributed by atoms with Crippen molar-refractivity contribution in [2.24, 2.45) is 0 Å². The molecule has 0 radical (unpaired) electrons. The van der Waals surface area contributed by atoms with Crippen molar-refractivity contribution in [2.45, 2.75) is 43.4 Å². The van der Waals surface area contributed by atoms with Crippen LogP contribution in [0.15, 0.2) is 264 Å². The van der Waals surface area contributed by atoms with Crippen LogP contribution >= 0.6 is 0 Å². The van der Waals surface area contributed by atoms with Crippen molar-refractivity contribution < 1.29 is 8.83 Å². The summed E-state index contributed by atoms with van der Waals surface area (Å²) in [7, 11) is 0. The molecule has 0 spiro atoms. The van der Waals surface area contributed by atoms with Crippen LogP contribution in [0.3, 0.4) is 0 Å². The minimum absolute atomic E-state index is 0.611. The quantitative estimate of drug-likeness (QED) is 0.144. The van der Waals surface area contributed by atoms with Crippen molar-refractivity contribution >= 4 is 60.9 Å². The zero-order valence-corrected chi connectivity index (χ0v) is 42.1. The summed E-state index contributed by atoms with van der Waals surface area (Å²) in [6.45, 7) is 0. The second-order valence-corrected chi connectivity index (χ2v) is 20.9. The maximum Gasteiger partial charge on any atom is 0.137 e. The highest BCUT2D eigenvalue weighted by atomic mass is 16.3. The van der Waals surface area contributed by atoms with Gasteiger partial charge in [-0.2, -0.15) is 0 Å². The summed E-state index contributed by atoms with van der Waals surface area (Å²) in [6, 6.07) is 93.7. The van der Waals surface area contributed by atoms with Gasteiger partial charge in [-0.15, -0.1) is 0 Å². The van der Waals surface area contributed by atoms with Crippen LogP contribution in [0.2, 0.25) is 0 Å². The molecule has 0 saturated heterocycles. The highest BCUT2D eigenvalue weighted by Crippen LogP contribution is 2.59. The van der Waals surface area contributed by atoms with E-state index in [-0.39, 0.29) is 0 Å². The Labute approximate surface area is 443 Å². The molecular weight excluding hydrogens is 923 g/mol. The molecule has 1 fully saturated rings. The zero-order valence-electron chi connectivity index (χ0n) is 42.1. The third-order valence-electron chi connectivity index (χ3n) is 16.8. The standard InChI is InChI=1S/C73H53NO2/c1-5-18-48(19-6-1)51-34-40-56(41-35-51)74(65-31-17-33-69-72(65)62-47-53(37-45-67(62)76-69)50-22-9-3-10-23-50)57-42-38-55(39-43-57)73(54-24-11-4-12-25-54)63-29-14-13-26-60(63)70-58(27-15-30-64(70)73)59-28-16-32-68-71(59)61-46-52(36-44-66(61)75-68)49-20-7-2-8-21-49/h2-4,7-17,20-48H,1,5-6,18-19H2. The maximum absolute atomic E-state index is 6.69. The van der Waals surface area contributed by atoms with Gasteiger partial charge in [0.15, 0.2) is 0 Å². The van der Waals surface area contributed by atoms with Crippen LogP contribution in [0.4, 0.5) is 17.1 Å². The summed E-state index contributed by atoms with van der Waals surface area (Å²) in [5, 5.41) is 4.44. The minimum atomic E-state index is -0.629. The largest absolute Gasteiger partial charge is 0.456 e. The molecule has 0 amide bonds. The Balaban J connectivity index is 0.922. The fraction of sp³-hybridized carbons (Fsp3) is 0.0959. The molecule has 76 heavy (non-hydrogen) atoms.